The molecule has 0 unspecified atom stereocenters. The highest BCUT2D eigenvalue weighted by Gasteiger charge is 2.12. The van der Waals surface area contributed by atoms with Gasteiger partial charge in [0.15, 0.2) is 0 Å². The number of hydrogen-bond acceptors (Lipinski definition) is 5. The minimum absolute atomic E-state index is 0.0694. The van der Waals surface area contributed by atoms with Crippen molar-refractivity contribution in [1.29, 1.82) is 0 Å². The number of anilines is 1. The van der Waals surface area contributed by atoms with Crippen LogP contribution in [0.3, 0.4) is 0 Å². The van der Waals surface area contributed by atoms with Gasteiger partial charge in [0.05, 0.1) is 11.1 Å². The Morgan fingerprint density at radius 1 is 1.24 bits per heavy atom. The Morgan fingerprint density at radius 3 is 2.52 bits per heavy atom. The molecular formula is C13H13N3O3S2. The van der Waals surface area contributed by atoms with Gasteiger partial charge < -0.3 is 5.32 Å². The number of nitrogens with one attached hydrogen (secondary N) is 2. The lowest BCUT2D eigenvalue weighted by atomic mass is 10.3. The van der Waals surface area contributed by atoms with E-state index in [4.69, 9.17) is 0 Å². The molecule has 8 heteroatoms. The summed E-state index contributed by atoms with van der Waals surface area (Å²) in [6.45, 7) is 1.38. The maximum absolute atomic E-state index is 12.0. The molecule has 0 saturated carbocycles. The van der Waals surface area contributed by atoms with E-state index in [9.17, 15) is 13.2 Å². The Balaban J connectivity index is 2.07. The molecule has 1 aromatic carbocycles. The highest BCUT2D eigenvalue weighted by atomic mass is 32.2. The number of hydrazone groups is 1. The zero-order valence-corrected chi connectivity index (χ0v) is 12.7. The largest absolute Gasteiger partial charge is 0.326 e. The highest BCUT2D eigenvalue weighted by molar-refractivity contribution is 7.89. The Hall–Kier alpha value is -2.19. The molecule has 0 fully saturated rings. The third kappa shape index (κ3) is 4.40. The van der Waals surface area contributed by atoms with Gasteiger partial charge in [0.1, 0.15) is 0 Å². The van der Waals surface area contributed by atoms with E-state index < -0.39 is 10.0 Å². The lowest BCUT2D eigenvalue weighted by molar-refractivity contribution is -0.114. The van der Waals surface area contributed by atoms with E-state index in [1.807, 2.05) is 17.5 Å². The molecule has 2 aromatic rings. The second-order valence-electron chi connectivity index (χ2n) is 4.07. The molecule has 21 heavy (non-hydrogen) atoms. The average molecular weight is 323 g/mol. The summed E-state index contributed by atoms with van der Waals surface area (Å²) in [4.78, 5) is 13.9. The fourth-order valence-electron chi connectivity index (χ4n) is 1.50. The quantitative estimate of drug-likeness (QED) is 0.652. The van der Waals surface area contributed by atoms with Gasteiger partial charge in [0, 0.05) is 17.5 Å². The summed E-state index contributed by atoms with van der Waals surface area (Å²) >= 11 is 1.45. The predicted octanol–water partition coefficient (Wildman–Crippen LogP) is 2.02. The summed E-state index contributed by atoms with van der Waals surface area (Å²) in [5, 5.41) is 8.14. The summed E-state index contributed by atoms with van der Waals surface area (Å²) in [6.07, 6.45) is 1.44. The number of nitrogens with zero attached hydrogens (tertiary/aromatic N) is 1. The minimum atomic E-state index is -3.71. The van der Waals surface area contributed by atoms with Gasteiger partial charge in [-0.2, -0.15) is 13.5 Å². The molecule has 1 heterocycles. The number of carbonyl (C=O) groups is 1. The van der Waals surface area contributed by atoms with Crippen molar-refractivity contribution in [2.45, 2.75) is 11.8 Å². The van der Waals surface area contributed by atoms with Crippen molar-refractivity contribution in [3.8, 4) is 0 Å². The summed E-state index contributed by atoms with van der Waals surface area (Å²) in [7, 11) is -3.71. The minimum Gasteiger partial charge on any atom is -0.326 e. The summed E-state index contributed by atoms with van der Waals surface area (Å²) < 4.78 is 24.0. The monoisotopic (exact) mass is 323 g/mol. The van der Waals surface area contributed by atoms with Crippen LogP contribution in [-0.4, -0.2) is 20.5 Å². The Morgan fingerprint density at radius 2 is 1.95 bits per heavy atom. The number of hydrogen-bond donors (Lipinski definition) is 2. The van der Waals surface area contributed by atoms with Gasteiger partial charge in [-0.05, 0) is 35.7 Å². The molecule has 6 nitrogen and oxygen atoms in total. The molecule has 0 aliphatic rings. The Bertz CT molecular complexity index is 735. The lowest BCUT2D eigenvalue weighted by Crippen LogP contribution is -2.18. The van der Waals surface area contributed by atoms with Gasteiger partial charge in [-0.25, -0.2) is 4.83 Å². The number of carbonyl (C=O) groups excluding carboxylic acids is 1. The van der Waals surface area contributed by atoms with Crippen LogP contribution in [0.15, 0.2) is 51.8 Å². The van der Waals surface area contributed by atoms with Gasteiger partial charge in [0.25, 0.3) is 10.0 Å². The molecule has 0 bridgehead atoms. The molecular weight excluding hydrogens is 310 g/mol. The average Bonchev–Trinajstić information content (AvgIpc) is 2.91. The van der Waals surface area contributed by atoms with E-state index in [2.05, 4.69) is 15.2 Å². The second-order valence-corrected chi connectivity index (χ2v) is 6.71. The summed E-state index contributed by atoms with van der Waals surface area (Å²) in [6, 6.07) is 9.49. The fraction of sp³-hybridized carbons (Fsp3) is 0.0769. The topological polar surface area (TPSA) is 87.6 Å². The maximum atomic E-state index is 12.0. The summed E-state index contributed by atoms with van der Waals surface area (Å²) in [5.41, 5.74) is 0.531. The number of sulfonamides is 1. The molecule has 0 spiro atoms. The molecule has 2 rings (SSSR count). The lowest BCUT2D eigenvalue weighted by Gasteiger charge is -2.05. The van der Waals surface area contributed by atoms with Crippen molar-refractivity contribution >= 4 is 39.2 Å². The third-order valence-electron chi connectivity index (χ3n) is 2.39. The first-order chi connectivity index (χ1) is 9.97. The molecule has 0 aliphatic carbocycles. The van der Waals surface area contributed by atoms with Crippen LogP contribution in [0.4, 0.5) is 5.69 Å². The molecule has 0 radical (unpaired) electrons. The van der Waals surface area contributed by atoms with Crippen LogP contribution < -0.4 is 10.1 Å². The first-order valence-corrected chi connectivity index (χ1v) is 8.30. The van der Waals surface area contributed by atoms with E-state index in [-0.39, 0.29) is 10.8 Å². The van der Waals surface area contributed by atoms with E-state index in [1.54, 1.807) is 0 Å². The highest BCUT2D eigenvalue weighted by Crippen LogP contribution is 2.14. The molecule has 1 aromatic heterocycles. The number of rotatable bonds is 5. The van der Waals surface area contributed by atoms with Crippen LogP contribution in [0.5, 0.6) is 0 Å². The van der Waals surface area contributed by atoms with Crippen molar-refractivity contribution in [2.24, 2.45) is 5.10 Å². The number of amides is 1. The van der Waals surface area contributed by atoms with Gasteiger partial charge in [-0.1, -0.05) is 6.07 Å². The molecule has 110 valence electrons. The zero-order valence-electron chi connectivity index (χ0n) is 11.1. The maximum Gasteiger partial charge on any atom is 0.276 e. The standard InChI is InChI=1S/C13H13N3O3S2/c1-10(17)15-11-4-6-13(7-5-11)21(18,19)16-14-9-12-3-2-8-20-12/h2-9,16H,1H3,(H,15,17). The summed E-state index contributed by atoms with van der Waals surface area (Å²) in [5.74, 6) is -0.218. The van der Waals surface area contributed by atoms with Crippen molar-refractivity contribution in [1.82, 2.24) is 4.83 Å². The van der Waals surface area contributed by atoms with Crippen LogP contribution in [0.2, 0.25) is 0 Å². The molecule has 0 saturated heterocycles. The van der Waals surface area contributed by atoms with E-state index in [0.29, 0.717) is 5.69 Å². The van der Waals surface area contributed by atoms with E-state index in [0.717, 1.165) is 4.88 Å². The first-order valence-electron chi connectivity index (χ1n) is 5.93. The van der Waals surface area contributed by atoms with Crippen LogP contribution in [0, 0.1) is 0 Å². The van der Waals surface area contributed by atoms with Crippen molar-refractivity contribution < 1.29 is 13.2 Å². The van der Waals surface area contributed by atoms with Crippen LogP contribution >= 0.6 is 11.3 Å². The van der Waals surface area contributed by atoms with Crippen LogP contribution in [0.25, 0.3) is 0 Å². The zero-order chi connectivity index (χ0) is 15.3. The predicted molar refractivity (Wildman–Crippen MR) is 83.0 cm³/mol. The molecule has 0 atom stereocenters. The third-order valence-corrected chi connectivity index (χ3v) is 4.44. The number of benzene rings is 1. The van der Waals surface area contributed by atoms with Gasteiger partial charge in [0.2, 0.25) is 5.91 Å². The van der Waals surface area contributed by atoms with Crippen LogP contribution in [0.1, 0.15) is 11.8 Å². The van der Waals surface area contributed by atoms with Crippen molar-refractivity contribution in [3.05, 3.63) is 46.7 Å². The Labute approximate surface area is 126 Å². The van der Waals surface area contributed by atoms with Crippen molar-refractivity contribution in [2.75, 3.05) is 5.32 Å². The van der Waals surface area contributed by atoms with Crippen molar-refractivity contribution in [3.63, 3.8) is 0 Å². The van der Waals surface area contributed by atoms with Gasteiger partial charge in [-0.15, -0.1) is 11.3 Å². The normalized spacial score (nSPS) is 11.5. The SMILES string of the molecule is CC(=O)Nc1ccc(S(=O)(=O)NN=Cc2cccs2)cc1. The Kier molecular flexibility index (Phi) is 4.71. The number of thiophene rings is 1. The van der Waals surface area contributed by atoms with E-state index >= 15 is 0 Å². The van der Waals surface area contributed by atoms with E-state index in [1.165, 1.54) is 48.7 Å². The molecule has 1 amide bonds. The first kappa shape index (κ1) is 15.2. The van der Waals surface area contributed by atoms with Crippen LogP contribution in [-0.2, 0) is 14.8 Å². The molecule has 2 N–H and O–H groups in total. The fourth-order valence-corrected chi connectivity index (χ4v) is 2.87. The van der Waals surface area contributed by atoms with Gasteiger partial charge in [-0.3, -0.25) is 4.79 Å². The smallest absolute Gasteiger partial charge is 0.276 e. The van der Waals surface area contributed by atoms with Gasteiger partial charge >= 0.3 is 0 Å². The molecule has 0 aliphatic heterocycles. The second kappa shape index (κ2) is 6.51.